The zero-order valence-electron chi connectivity index (χ0n) is 11.4. The first-order valence-electron chi connectivity index (χ1n) is 6.03. The Balaban J connectivity index is 3.12. The predicted octanol–water partition coefficient (Wildman–Crippen LogP) is 4.74. The van der Waals surface area contributed by atoms with Crippen molar-refractivity contribution in [1.29, 1.82) is 0 Å². The Morgan fingerprint density at radius 1 is 0.786 bits per heavy atom. The standard InChI is InChI=1S/C14H28/c1-10-9-12(3,4)11(2)14(7,8)13(10,5)6/h10-11H,9H2,1-8H3/t10-,11+/m0/s1. The summed E-state index contributed by atoms with van der Waals surface area (Å²) in [4.78, 5) is 0. The average Bonchev–Trinajstić information content (AvgIpc) is 1.99. The van der Waals surface area contributed by atoms with E-state index >= 15 is 0 Å². The van der Waals surface area contributed by atoms with Crippen LogP contribution in [0.5, 0.6) is 0 Å². The van der Waals surface area contributed by atoms with E-state index in [0.29, 0.717) is 16.2 Å². The maximum absolute atomic E-state index is 2.45. The van der Waals surface area contributed by atoms with Gasteiger partial charge in [0, 0.05) is 0 Å². The van der Waals surface area contributed by atoms with Crippen molar-refractivity contribution in [2.24, 2.45) is 28.1 Å². The third-order valence-electron chi connectivity index (χ3n) is 5.98. The highest BCUT2D eigenvalue weighted by Gasteiger charge is 2.53. The van der Waals surface area contributed by atoms with Gasteiger partial charge in [0.2, 0.25) is 0 Å². The van der Waals surface area contributed by atoms with Gasteiger partial charge < -0.3 is 0 Å². The molecule has 0 radical (unpaired) electrons. The van der Waals surface area contributed by atoms with Crippen molar-refractivity contribution >= 4 is 0 Å². The summed E-state index contributed by atoms with van der Waals surface area (Å²) >= 11 is 0. The third-order valence-corrected chi connectivity index (χ3v) is 5.98. The van der Waals surface area contributed by atoms with Crippen LogP contribution in [-0.2, 0) is 0 Å². The highest BCUT2D eigenvalue weighted by molar-refractivity contribution is 5.02. The van der Waals surface area contributed by atoms with Gasteiger partial charge in [0.05, 0.1) is 0 Å². The molecule has 0 spiro atoms. The van der Waals surface area contributed by atoms with Gasteiger partial charge in [0.25, 0.3) is 0 Å². The fourth-order valence-electron chi connectivity index (χ4n) is 3.39. The molecule has 1 aliphatic carbocycles. The van der Waals surface area contributed by atoms with E-state index < -0.39 is 0 Å². The monoisotopic (exact) mass is 196 g/mol. The smallest absolute Gasteiger partial charge is 0.0270 e. The second kappa shape index (κ2) is 3.00. The van der Waals surface area contributed by atoms with E-state index in [9.17, 15) is 0 Å². The van der Waals surface area contributed by atoms with E-state index in [1.807, 2.05) is 0 Å². The van der Waals surface area contributed by atoms with Crippen LogP contribution in [0.25, 0.3) is 0 Å². The van der Waals surface area contributed by atoms with Crippen LogP contribution < -0.4 is 0 Å². The SMILES string of the molecule is C[C@@H]1C(C)(C)C[C@H](C)C(C)(C)C1(C)C. The molecule has 1 fully saturated rings. The maximum atomic E-state index is 2.45. The molecule has 0 heterocycles. The van der Waals surface area contributed by atoms with Gasteiger partial charge in [0.15, 0.2) is 0 Å². The minimum Gasteiger partial charge on any atom is -0.0620 e. The Hall–Kier alpha value is 0. The molecule has 0 aromatic carbocycles. The van der Waals surface area contributed by atoms with Crippen molar-refractivity contribution in [3.8, 4) is 0 Å². The van der Waals surface area contributed by atoms with Gasteiger partial charge >= 0.3 is 0 Å². The molecule has 0 aromatic heterocycles. The van der Waals surface area contributed by atoms with E-state index in [1.165, 1.54) is 6.42 Å². The van der Waals surface area contributed by atoms with Crippen LogP contribution in [0.15, 0.2) is 0 Å². The van der Waals surface area contributed by atoms with Crippen molar-refractivity contribution in [1.82, 2.24) is 0 Å². The summed E-state index contributed by atoms with van der Waals surface area (Å²) in [6.07, 6.45) is 1.37. The summed E-state index contributed by atoms with van der Waals surface area (Å²) in [7, 11) is 0. The lowest BCUT2D eigenvalue weighted by Gasteiger charge is -2.60. The van der Waals surface area contributed by atoms with Crippen LogP contribution in [0.1, 0.15) is 61.8 Å². The van der Waals surface area contributed by atoms with Crippen LogP contribution in [0, 0.1) is 28.1 Å². The van der Waals surface area contributed by atoms with Crippen molar-refractivity contribution in [2.75, 3.05) is 0 Å². The van der Waals surface area contributed by atoms with Gasteiger partial charge in [-0.25, -0.2) is 0 Å². The van der Waals surface area contributed by atoms with Crippen LogP contribution in [-0.4, -0.2) is 0 Å². The number of hydrogen-bond acceptors (Lipinski definition) is 0. The van der Waals surface area contributed by atoms with E-state index in [1.54, 1.807) is 0 Å². The molecule has 14 heavy (non-hydrogen) atoms. The topological polar surface area (TPSA) is 0 Å². The van der Waals surface area contributed by atoms with E-state index in [4.69, 9.17) is 0 Å². The molecular formula is C14H28. The fourth-order valence-corrected chi connectivity index (χ4v) is 3.39. The lowest BCUT2D eigenvalue weighted by Crippen LogP contribution is -2.53. The van der Waals surface area contributed by atoms with E-state index in [0.717, 1.165) is 11.8 Å². The number of hydrogen-bond donors (Lipinski definition) is 0. The van der Waals surface area contributed by atoms with Gasteiger partial charge in [-0.05, 0) is 34.5 Å². The molecule has 0 aromatic rings. The fraction of sp³-hybridized carbons (Fsp3) is 1.00. The molecular weight excluding hydrogens is 168 g/mol. The quantitative estimate of drug-likeness (QED) is 0.525. The first-order valence-corrected chi connectivity index (χ1v) is 6.03. The van der Waals surface area contributed by atoms with Crippen LogP contribution >= 0.6 is 0 Å². The van der Waals surface area contributed by atoms with Crippen LogP contribution in [0.4, 0.5) is 0 Å². The van der Waals surface area contributed by atoms with Crippen LogP contribution in [0.3, 0.4) is 0 Å². The highest BCUT2D eigenvalue weighted by Crippen LogP contribution is 2.61. The minimum atomic E-state index is 0.439. The molecule has 1 saturated carbocycles. The average molecular weight is 196 g/mol. The maximum Gasteiger partial charge on any atom is -0.0270 e. The second-order valence-corrected chi connectivity index (χ2v) is 7.26. The van der Waals surface area contributed by atoms with Crippen molar-refractivity contribution in [3.63, 3.8) is 0 Å². The molecule has 0 bridgehead atoms. The largest absolute Gasteiger partial charge is 0.0620 e. The van der Waals surface area contributed by atoms with E-state index in [2.05, 4.69) is 55.4 Å². The van der Waals surface area contributed by atoms with Gasteiger partial charge in [-0.1, -0.05) is 55.4 Å². The molecule has 0 N–H and O–H groups in total. The summed E-state index contributed by atoms with van der Waals surface area (Å²) in [5, 5.41) is 0. The Bertz CT molecular complexity index is 220. The summed E-state index contributed by atoms with van der Waals surface area (Å²) < 4.78 is 0. The van der Waals surface area contributed by atoms with Gasteiger partial charge in [0.1, 0.15) is 0 Å². The van der Waals surface area contributed by atoms with Crippen LogP contribution in [0.2, 0.25) is 0 Å². The molecule has 0 nitrogen and oxygen atoms in total. The lowest BCUT2D eigenvalue weighted by molar-refractivity contribution is -0.111. The first-order chi connectivity index (χ1) is 6.03. The molecule has 2 atom stereocenters. The number of rotatable bonds is 0. The van der Waals surface area contributed by atoms with Gasteiger partial charge in [-0.3, -0.25) is 0 Å². The normalized spacial score (nSPS) is 39.4. The predicted molar refractivity (Wildman–Crippen MR) is 64.3 cm³/mol. The van der Waals surface area contributed by atoms with Crippen molar-refractivity contribution in [3.05, 3.63) is 0 Å². The van der Waals surface area contributed by atoms with Gasteiger partial charge in [-0.2, -0.15) is 0 Å². The molecule has 1 aliphatic rings. The van der Waals surface area contributed by atoms with Crippen molar-refractivity contribution in [2.45, 2.75) is 61.8 Å². The Morgan fingerprint density at radius 2 is 1.21 bits per heavy atom. The summed E-state index contributed by atoms with van der Waals surface area (Å²) in [5.74, 6) is 1.62. The molecule has 0 aliphatic heterocycles. The third kappa shape index (κ3) is 1.42. The molecule has 1 rings (SSSR count). The first kappa shape index (κ1) is 12.1. The second-order valence-electron chi connectivity index (χ2n) is 7.26. The minimum absolute atomic E-state index is 0.439. The molecule has 84 valence electrons. The molecule has 0 unspecified atom stereocenters. The molecule has 0 amide bonds. The Kier molecular flexibility index (Phi) is 2.58. The zero-order valence-corrected chi connectivity index (χ0v) is 11.4. The Labute approximate surface area is 90.5 Å². The van der Waals surface area contributed by atoms with Gasteiger partial charge in [-0.15, -0.1) is 0 Å². The lowest BCUT2D eigenvalue weighted by atomic mass is 9.45. The van der Waals surface area contributed by atoms with E-state index in [-0.39, 0.29) is 0 Å². The zero-order chi connectivity index (χ0) is 11.4. The Morgan fingerprint density at radius 3 is 1.64 bits per heavy atom. The summed E-state index contributed by atoms with van der Waals surface area (Å²) in [6.45, 7) is 19.5. The van der Waals surface area contributed by atoms with Crippen molar-refractivity contribution < 1.29 is 0 Å². The molecule has 0 heteroatoms. The summed E-state index contributed by atoms with van der Waals surface area (Å²) in [5.41, 5.74) is 1.40. The molecule has 0 saturated heterocycles. The summed E-state index contributed by atoms with van der Waals surface area (Å²) in [6, 6.07) is 0. The highest BCUT2D eigenvalue weighted by atomic mass is 14.6.